The van der Waals surface area contributed by atoms with Gasteiger partial charge in [0.1, 0.15) is 12.2 Å². The standard InChI is InChI=1S/C25H17F4NO2/c26-21-13-22(27)24(29)19(23(21)28)11-5-6-12-30-25(31)32-14-20-17-9-3-1-7-15(17)16-8-2-4-10-18(16)20/h1-4,7-10,13,20H,6,12,14H2,(H,30,31). The van der Waals surface area contributed by atoms with E-state index in [0.29, 0.717) is 0 Å². The fourth-order valence-electron chi connectivity index (χ4n) is 3.71. The van der Waals surface area contributed by atoms with Crippen molar-refractivity contribution in [2.75, 3.05) is 13.2 Å². The van der Waals surface area contributed by atoms with Gasteiger partial charge < -0.3 is 10.1 Å². The molecule has 0 fully saturated rings. The fraction of sp³-hybridized carbons (Fsp3) is 0.160. The first-order valence-electron chi connectivity index (χ1n) is 9.88. The van der Waals surface area contributed by atoms with E-state index >= 15 is 0 Å². The van der Waals surface area contributed by atoms with Crippen LogP contribution in [-0.2, 0) is 4.74 Å². The molecule has 0 unspecified atom stereocenters. The van der Waals surface area contributed by atoms with Gasteiger partial charge in [-0.1, -0.05) is 60.4 Å². The van der Waals surface area contributed by atoms with E-state index in [1.165, 1.54) is 0 Å². The number of ether oxygens (including phenoxy) is 1. The van der Waals surface area contributed by atoms with Gasteiger partial charge >= 0.3 is 6.09 Å². The van der Waals surface area contributed by atoms with Crippen LogP contribution in [-0.4, -0.2) is 19.2 Å². The molecule has 3 aromatic rings. The largest absolute Gasteiger partial charge is 0.449 e. The predicted molar refractivity (Wildman–Crippen MR) is 111 cm³/mol. The summed E-state index contributed by atoms with van der Waals surface area (Å²) in [4.78, 5) is 12.1. The Morgan fingerprint density at radius 1 is 0.906 bits per heavy atom. The lowest BCUT2D eigenvalue weighted by Gasteiger charge is -2.14. The van der Waals surface area contributed by atoms with Crippen LogP contribution in [0.4, 0.5) is 22.4 Å². The molecule has 4 rings (SSSR count). The lowest BCUT2D eigenvalue weighted by atomic mass is 9.98. The van der Waals surface area contributed by atoms with E-state index in [-0.39, 0.29) is 31.6 Å². The smallest absolute Gasteiger partial charge is 0.407 e. The van der Waals surface area contributed by atoms with Gasteiger partial charge in [-0.15, -0.1) is 0 Å². The summed E-state index contributed by atoms with van der Waals surface area (Å²) in [5.41, 5.74) is 3.40. The molecule has 0 radical (unpaired) electrons. The molecule has 0 heterocycles. The number of fused-ring (bicyclic) bond motifs is 3. The molecule has 0 saturated carbocycles. The zero-order valence-electron chi connectivity index (χ0n) is 16.7. The Bertz CT molecular complexity index is 1170. The first-order valence-corrected chi connectivity index (χ1v) is 9.88. The third-order valence-corrected chi connectivity index (χ3v) is 5.19. The van der Waals surface area contributed by atoms with Crippen molar-refractivity contribution in [3.8, 4) is 23.0 Å². The summed E-state index contributed by atoms with van der Waals surface area (Å²) in [6, 6.07) is 16.0. The summed E-state index contributed by atoms with van der Waals surface area (Å²) in [5.74, 6) is -1.79. The minimum Gasteiger partial charge on any atom is -0.449 e. The molecule has 3 aromatic carbocycles. The number of halogens is 4. The number of alkyl carbamates (subject to hydrolysis) is 1. The minimum atomic E-state index is -1.55. The maximum absolute atomic E-state index is 13.6. The normalized spacial score (nSPS) is 11.9. The first-order chi connectivity index (χ1) is 15.5. The van der Waals surface area contributed by atoms with Crippen LogP contribution in [0, 0.1) is 35.1 Å². The Kier molecular flexibility index (Phi) is 6.13. The van der Waals surface area contributed by atoms with E-state index in [1.807, 2.05) is 48.5 Å². The second kappa shape index (κ2) is 9.15. The molecular weight excluding hydrogens is 422 g/mol. The van der Waals surface area contributed by atoms with Gasteiger partial charge in [-0.25, -0.2) is 22.4 Å². The van der Waals surface area contributed by atoms with Crippen LogP contribution in [0.5, 0.6) is 0 Å². The van der Waals surface area contributed by atoms with Crippen molar-refractivity contribution in [2.45, 2.75) is 12.3 Å². The molecule has 0 bridgehead atoms. The maximum Gasteiger partial charge on any atom is 0.407 e. The van der Waals surface area contributed by atoms with Gasteiger partial charge in [0.25, 0.3) is 0 Å². The van der Waals surface area contributed by atoms with Crippen molar-refractivity contribution in [1.29, 1.82) is 0 Å². The number of carbonyl (C=O) groups excluding carboxylic acids is 1. The second-order valence-corrected chi connectivity index (χ2v) is 7.15. The van der Waals surface area contributed by atoms with E-state index in [4.69, 9.17) is 4.74 Å². The van der Waals surface area contributed by atoms with Gasteiger partial charge in [-0.05, 0) is 22.3 Å². The summed E-state index contributed by atoms with van der Waals surface area (Å²) >= 11 is 0. The summed E-state index contributed by atoms with van der Waals surface area (Å²) in [5, 5.41) is 2.49. The van der Waals surface area contributed by atoms with E-state index < -0.39 is 34.9 Å². The summed E-state index contributed by atoms with van der Waals surface area (Å²) in [6.07, 6.45) is -0.663. The van der Waals surface area contributed by atoms with Crippen molar-refractivity contribution in [2.24, 2.45) is 0 Å². The highest BCUT2D eigenvalue weighted by atomic mass is 19.2. The van der Waals surface area contributed by atoms with Crippen molar-refractivity contribution >= 4 is 6.09 Å². The lowest BCUT2D eigenvalue weighted by molar-refractivity contribution is 0.143. The minimum absolute atomic E-state index is 0.00120. The van der Waals surface area contributed by atoms with Crippen molar-refractivity contribution in [3.63, 3.8) is 0 Å². The van der Waals surface area contributed by atoms with E-state index in [9.17, 15) is 22.4 Å². The Morgan fingerprint density at radius 3 is 2.06 bits per heavy atom. The molecule has 1 aliphatic rings. The number of benzene rings is 3. The van der Waals surface area contributed by atoms with Gasteiger partial charge in [0, 0.05) is 24.9 Å². The molecular formula is C25H17F4NO2. The molecule has 1 amide bonds. The lowest BCUT2D eigenvalue weighted by Crippen LogP contribution is -2.26. The Labute approximate surface area is 182 Å². The van der Waals surface area contributed by atoms with Gasteiger partial charge in [0.15, 0.2) is 23.3 Å². The molecule has 32 heavy (non-hydrogen) atoms. The maximum atomic E-state index is 13.6. The van der Waals surface area contributed by atoms with Crippen LogP contribution >= 0.6 is 0 Å². The number of carbonyl (C=O) groups is 1. The second-order valence-electron chi connectivity index (χ2n) is 7.15. The quantitative estimate of drug-likeness (QED) is 0.252. The average molecular weight is 439 g/mol. The Hall–Kier alpha value is -3.79. The highest BCUT2D eigenvalue weighted by Crippen LogP contribution is 2.44. The summed E-state index contributed by atoms with van der Waals surface area (Å²) < 4.78 is 58.8. The van der Waals surface area contributed by atoms with Gasteiger partial charge in [-0.3, -0.25) is 0 Å². The highest BCUT2D eigenvalue weighted by molar-refractivity contribution is 5.79. The SMILES string of the molecule is O=C(NCCC#Cc1c(F)c(F)cc(F)c1F)OCC1c2ccccc2-c2ccccc21. The van der Waals surface area contributed by atoms with Crippen LogP contribution in [0.25, 0.3) is 11.1 Å². The molecule has 7 heteroatoms. The van der Waals surface area contributed by atoms with Crippen LogP contribution in [0.3, 0.4) is 0 Å². The van der Waals surface area contributed by atoms with Crippen LogP contribution in [0.15, 0.2) is 54.6 Å². The highest BCUT2D eigenvalue weighted by Gasteiger charge is 2.28. The monoisotopic (exact) mass is 439 g/mol. The third-order valence-electron chi connectivity index (χ3n) is 5.19. The fourth-order valence-corrected chi connectivity index (χ4v) is 3.71. The van der Waals surface area contributed by atoms with Crippen LogP contribution in [0.2, 0.25) is 0 Å². The molecule has 0 aliphatic heterocycles. The first kappa shape index (κ1) is 21.4. The van der Waals surface area contributed by atoms with Crippen LogP contribution in [0.1, 0.15) is 29.0 Å². The van der Waals surface area contributed by atoms with Crippen molar-refractivity contribution in [1.82, 2.24) is 5.32 Å². The summed E-state index contributed by atoms with van der Waals surface area (Å²) in [7, 11) is 0. The van der Waals surface area contributed by atoms with E-state index in [1.54, 1.807) is 0 Å². The van der Waals surface area contributed by atoms with E-state index in [2.05, 4.69) is 17.2 Å². The third kappa shape index (κ3) is 4.17. The zero-order chi connectivity index (χ0) is 22.7. The Balaban J connectivity index is 1.32. The molecule has 0 spiro atoms. The number of rotatable bonds is 4. The van der Waals surface area contributed by atoms with Crippen molar-refractivity contribution in [3.05, 3.63) is 94.6 Å². The Morgan fingerprint density at radius 2 is 1.47 bits per heavy atom. The molecule has 1 aliphatic carbocycles. The van der Waals surface area contributed by atoms with Crippen molar-refractivity contribution < 1.29 is 27.1 Å². The van der Waals surface area contributed by atoms with Crippen LogP contribution < -0.4 is 5.32 Å². The summed E-state index contributed by atoms with van der Waals surface area (Å²) in [6.45, 7) is 0.176. The molecule has 3 nitrogen and oxygen atoms in total. The average Bonchev–Trinajstić information content (AvgIpc) is 3.12. The van der Waals surface area contributed by atoms with Gasteiger partial charge in [0.05, 0.1) is 0 Å². The number of hydrogen-bond donors (Lipinski definition) is 1. The molecule has 1 N–H and O–H groups in total. The number of hydrogen-bond acceptors (Lipinski definition) is 2. The number of amides is 1. The molecule has 162 valence electrons. The topological polar surface area (TPSA) is 38.3 Å². The molecule has 0 atom stereocenters. The zero-order valence-corrected chi connectivity index (χ0v) is 16.7. The van der Waals surface area contributed by atoms with E-state index in [0.717, 1.165) is 22.3 Å². The molecule has 0 aromatic heterocycles. The predicted octanol–water partition coefficient (Wildman–Crippen LogP) is 5.52. The van der Waals surface area contributed by atoms with Gasteiger partial charge in [0.2, 0.25) is 0 Å². The van der Waals surface area contributed by atoms with Gasteiger partial charge in [-0.2, -0.15) is 0 Å². The number of nitrogens with one attached hydrogen (secondary N) is 1. The molecule has 0 saturated heterocycles.